The van der Waals surface area contributed by atoms with E-state index < -0.39 is 6.09 Å². The van der Waals surface area contributed by atoms with Gasteiger partial charge in [-0.25, -0.2) is 4.79 Å². The van der Waals surface area contributed by atoms with Crippen LogP contribution in [-0.2, 0) is 9.53 Å². The molecule has 0 heterocycles. The minimum absolute atomic E-state index is 0.143. The minimum Gasteiger partial charge on any atom is -0.449 e. The van der Waals surface area contributed by atoms with Crippen molar-refractivity contribution in [2.75, 3.05) is 18.5 Å². The first-order valence-corrected chi connectivity index (χ1v) is 6.33. The van der Waals surface area contributed by atoms with Gasteiger partial charge in [0, 0.05) is 18.7 Å². The van der Waals surface area contributed by atoms with E-state index in [1.54, 1.807) is 0 Å². The van der Waals surface area contributed by atoms with E-state index in [4.69, 9.17) is 4.74 Å². The van der Waals surface area contributed by atoms with Gasteiger partial charge in [-0.1, -0.05) is 32.0 Å². The highest BCUT2D eigenvalue weighted by atomic mass is 16.5. The number of alkyl carbamates (subject to hydrolysis) is 1. The van der Waals surface area contributed by atoms with E-state index in [9.17, 15) is 9.59 Å². The van der Waals surface area contributed by atoms with Crippen molar-refractivity contribution in [1.82, 2.24) is 5.32 Å². The Morgan fingerprint density at radius 1 is 1.21 bits per heavy atom. The molecule has 2 amide bonds. The molecule has 0 radical (unpaired) electrons. The zero-order valence-electron chi connectivity index (χ0n) is 11.3. The molecule has 19 heavy (non-hydrogen) atoms. The molecular formula is C14H20N2O3. The highest BCUT2D eigenvalue weighted by Gasteiger charge is 2.05. The molecule has 2 N–H and O–H groups in total. The first kappa shape index (κ1) is 15.0. The summed E-state index contributed by atoms with van der Waals surface area (Å²) >= 11 is 0. The van der Waals surface area contributed by atoms with Crippen LogP contribution in [0.4, 0.5) is 10.5 Å². The molecule has 0 aliphatic heterocycles. The van der Waals surface area contributed by atoms with Crippen LogP contribution in [0.3, 0.4) is 0 Å². The largest absolute Gasteiger partial charge is 0.449 e. The fraction of sp³-hybridized carbons (Fsp3) is 0.429. The number of hydrogen-bond donors (Lipinski definition) is 2. The second kappa shape index (κ2) is 8.13. The van der Waals surface area contributed by atoms with Gasteiger partial charge in [0.25, 0.3) is 0 Å². The molecule has 0 atom stereocenters. The number of benzene rings is 1. The van der Waals surface area contributed by atoms with E-state index in [-0.39, 0.29) is 18.9 Å². The molecule has 1 aromatic rings. The summed E-state index contributed by atoms with van der Waals surface area (Å²) in [5.41, 5.74) is 0.745. The van der Waals surface area contributed by atoms with Crippen LogP contribution in [0, 0.1) is 5.92 Å². The van der Waals surface area contributed by atoms with Gasteiger partial charge >= 0.3 is 6.09 Å². The van der Waals surface area contributed by atoms with Gasteiger partial charge in [0.2, 0.25) is 5.91 Å². The van der Waals surface area contributed by atoms with Crippen LogP contribution in [0.5, 0.6) is 0 Å². The number of para-hydroxylation sites is 1. The number of hydrogen-bond acceptors (Lipinski definition) is 3. The summed E-state index contributed by atoms with van der Waals surface area (Å²) in [4.78, 5) is 22.8. The molecule has 1 rings (SSSR count). The van der Waals surface area contributed by atoms with E-state index >= 15 is 0 Å². The topological polar surface area (TPSA) is 67.4 Å². The Morgan fingerprint density at radius 2 is 1.89 bits per heavy atom. The Kier molecular flexibility index (Phi) is 6.43. The van der Waals surface area contributed by atoms with Crippen LogP contribution in [-0.4, -0.2) is 25.2 Å². The molecule has 0 fully saturated rings. The van der Waals surface area contributed by atoms with Crippen molar-refractivity contribution in [3.05, 3.63) is 30.3 Å². The number of carbonyl (C=O) groups excluding carboxylic acids is 2. The smallest absolute Gasteiger partial charge is 0.407 e. The predicted molar refractivity (Wildman–Crippen MR) is 73.9 cm³/mol. The Bertz CT molecular complexity index is 404. The molecule has 0 saturated heterocycles. The maximum atomic E-state index is 11.6. The predicted octanol–water partition coefficient (Wildman–Crippen LogP) is 2.40. The Labute approximate surface area is 113 Å². The zero-order valence-corrected chi connectivity index (χ0v) is 11.3. The molecular weight excluding hydrogens is 244 g/mol. The highest BCUT2D eigenvalue weighted by molar-refractivity contribution is 5.90. The summed E-state index contributed by atoms with van der Waals surface area (Å²) in [6.07, 6.45) is -0.271. The van der Waals surface area contributed by atoms with Crippen molar-refractivity contribution < 1.29 is 14.3 Å². The number of amides is 2. The van der Waals surface area contributed by atoms with E-state index in [0.29, 0.717) is 12.5 Å². The fourth-order valence-corrected chi connectivity index (χ4v) is 1.32. The minimum atomic E-state index is -0.485. The van der Waals surface area contributed by atoms with Crippen molar-refractivity contribution in [3.63, 3.8) is 0 Å². The normalized spacial score (nSPS) is 10.1. The van der Waals surface area contributed by atoms with Gasteiger partial charge in [0.1, 0.15) is 0 Å². The third-order valence-electron chi connectivity index (χ3n) is 2.23. The number of nitrogens with one attached hydrogen (secondary N) is 2. The molecule has 5 heteroatoms. The van der Waals surface area contributed by atoms with Crippen LogP contribution in [0.15, 0.2) is 30.3 Å². The van der Waals surface area contributed by atoms with Crippen LogP contribution < -0.4 is 10.6 Å². The maximum Gasteiger partial charge on any atom is 0.407 e. The van der Waals surface area contributed by atoms with Gasteiger partial charge in [-0.3, -0.25) is 4.79 Å². The van der Waals surface area contributed by atoms with E-state index in [1.807, 2.05) is 44.2 Å². The average Bonchev–Trinajstić information content (AvgIpc) is 2.37. The van der Waals surface area contributed by atoms with Crippen molar-refractivity contribution in [1.29, 1.82) is 0 Å². The van der Waals surface area contributed by atoms with Gasteiger partial charge in [-0.05, 0) is 18.1 Å². The average molecular weight is 264 g/mol. The molecule has 0 spiro atoms. The highest BCUT2D eigenvalue weighted by Crippen LogP contribution is 2.04. The molecule has 0 unspecified atom stereocenters. The first-order chi connectivity index (χ1) is 9.08. The molecule has 0 bridgehead atoms. The van der Waals surface area contributed by atoms with E-state index in [0.717, 1.165) is 5.69 Å². The quantitative estimate of drug-likeness (QED) is 0.829. The lowest BCUT2D eigenvalue weighted by Crippen LogP contribution is -2.29. The summed E-state index contributed by atoms with van der Waals surface area (Å²) in [7, 11) is 0. The SMILES string of the molecule is CC(C)COC(=O)NCCC(=O)Nc1ccccc1. The van der Waals surface area contributed by atoms with Crippen molar-refractivity contribution in [2.24, 2.45) is 5.92 Å². The molecule has 0 aromatic heterocycles. The lowest BCUT2D eigenvalue weighted by atomic mass is 10.2. The van der Waals surface area contributed by atoms with E-state index in [1.165, 1.54) is 0 Å². The van der Waals surface area contributed by atoms with Crippen LogP contribution >= 0.6 is 0 Å². The van der Waals surface area contributed by atoms with Crippen molar-refractivity contribution in [3.8, 4) is 0 Å². The van der Waals surface area contributed by atoms with Crippen molar-refractivity contribution >= 4 is 17.7 Å². The Hall–Kier alpha value is -2.04. The van der Waals surface area contributed by atoms with Gasteiger partial charge in [-0.15, -0.1) is 0 Å². The first-order valence-electron chi connectivity index (χ1n) is 6.33. The monoisotopic (exact) mass is 264 g/mol. The number of rotatable bonds is 6. The Morgan fingerprint density at radius 3 is 2.53 bits per heavy atom. The summed E-state index contributed by atoms with van der Waals surface area (Å²) in [6.45, 7) is 4.55. The second-order valence-corrected chi connectivity index (χ2v) is 4.58. The molecule has 1 aromatic carbocycles. The van der Waals surface area contributed by atoms with Gasteiger partial charge in [-0.2, -0.15) is 0 Å². The summed E-state index contributed by atoms with van der Waals surface area (Å²) in [5.74, 6) is 0.155. The summed E-state index contributed by atoms with van der Waals surface area (Å²) in [6, 6.07) is 9.18. The molecule has 0 aliphatic rings. The molecule has 0 aliphatic carbocycles. The number of carbonyl (C=O) groups is 2. The number of ether oxygens (including phenoxy) is 1. The maximum absolute atomic E-state index is 11.6. The lowest BCUT2D eigenvalue weighted by molar-refractivity contribution is -0.116. The standard InChI is InChI=1S/C14H20N2O3/c1-11(2)10-19-14(18)15-9-8-13(17)16-12-6-4-3-5-7-12/h3-7,11H,8-10H2,1-2H3,(H,15,18)(H,16,17). The second-order valence-electron chi connectivity index (χ2n) is 4.58. The fourth-order valence-electron chi connectivity index (χ4n) is 1.32. The van der Waals surface area contributed by atoms with Crippen LogP contribution in [0.1, 0.15) is 20.3 Å². The van der Waals surface area contributed by atoms with Crippen LogP contribution in [0.25, 0.3) is 0 Å². The van der Waals surface area contributed by atoms with Crippen LogP contribution in [0.2, 0.25) is 0 Å². The third kappa shape index (κ3) is 7.08. The van der Waals surface area contributed by atoms with E-state index in [2.05, 4.69) is 10.6 Å². The Balaban J connectivity index is 2.15. The number of anilines is 1. The van der Waals surface area contributed by atoms with Gasteiger partial charge < -0.3 is 15.4 Å². The molecule has 5 nitrogen and oxygen atoms in total. The van der Waals surface area contributed by atoms with Gasteiger partial charge in [0.15, 0.2) is 0 Å². The third-order valence-corrected chi connectivity index (χ3v) is 2.23. The van der Waals surface area contributed by atoms with Crippen molar-refractivity contribution in [2.45, 2.75) is 20.3 Å². The summed E-state index contributed by atoms with van der Waals surface area (Å²) in [5, 5.41) is 5.27. The lowest BCUT2D eigenvalue weighted by Gasteiger charge is -2.09. The summed E-state index contributed by atoms with van der Waals surface area (Å²) < 4.78 is 4.92. The molecule has 104 valence electrons. The zero-order chi connectivity index (χ0) is 14.1. The van der Waals surface area contributed by atoms with Gasteiger partial charge in [0.05, 0.1) is 6.61 Å². The molecule has 0 saturated carbocycles.